The SMILES string of the molecule is CC1(CC=C2C=C3CCCCC34CCC2O4)CCCC1c1ccc2ccncc2c1. The minimum Gasteiger partial charge on any atom is -0.363 e. The fourth-order valence-corrected chi connectivity index (χ4v) is 6.93. The number of aromatic nitrogens is 1. The van der Waals surface area contributed by atoms with E-state index in [0.717, 1.165) is 6.42 Å². The molecule has 4 aliphatic rings. The van der Waals surface area contributed by atoms with Crippen LogP contribution in [0, 0.1) is 5.41 Å². The standard InChI is InChI=1S/C28H33NO/c1-27(12-4-6-25(27)21-8-7-20-11-16-29-19-23(20)17-21)14-9-22-18-24-5-2-3-13-28(24)15-10-26(22)30-28/h7-9,11,16-19,25-26H,2-6,10,12-15H2,1H3. The van der Waals surface area contributed by atoms with E-state index in [0.29, 0.717) is 17.4 Å². The highest BCUT2D eigenvalue weighted by molar-refractivity contribution is 5.82. The molecule has 2 saturated carbocycles. The minimum absolute atomic E-state index is 0.124. The molecule has 2 bridgehead atoms. The maximum Gasteiger partial charge on any atom is 0.0904 e. The van der Waals surface area contributed by atoms with Crippen LogP contribution in [0.3, 0.4) is 0 Å². The minimum atomic E-state index is 0.124. The molecule has 2 nitrogen and oxygen atoms in total. The molecule has 6 rings (SSSR count). The summed E-state index contributed by atoms with van der Waals surface area (Å²) in [6.45, 7) is 2.52. The highest BCUT2D eigenvalue weighted by Crippen LogP contribution is 2.54. The van der Waals surface area contributed by atoms with E-state index in [-0.39, 0.29) is 5.60 Å². The van der Waals surface area contributed by atoms with Gasteiger partial charge in [-0.05, 0) is 103 Å². The third kappa shape index (κ3) is 2.99. The van der Waals surface area contributed by atoms with Crippen LogP contribution in [0.15, 0.2) is 60.0 Å². The van der Waals surface area contributed by atoms with Crippen molar-refractivity contribution in [3.05, 3.63) is 65.5 Å². The van der Waals surface area contributed by atoms with Gasteiger partial charge in [-0.3, -0.25) is 4.98 Å². The van der Waals surface area contributed by atoms with Crippen molar-refractivity contribution in [2.75, 3.05) is 0 Å². The third-order valence-electron chi connectivity index (χ3n) is 8.71. The molecule has 30 heavy (non-hydrogen) atoms. The first-order valence-corrected chi connectivity index (χ1v) is 12.1. The zero-order chi connectivity index (χ0) is 20.2. The van der Waals surface area contributed by atoms with Crippen LogP contribution in [0.5, 0.6) is 0 Å². The Labute approximate surface area is 180 Å². The molecule has 1 spiro atoms. The van der Waals surface area contributed by atoms with Crippen molar-refractivity contribution in [2.24, 2.45) is 5.41 Å². The van der Waals surface area contributed by atoms with E-state index >= 15 is 0 Å². The summed E-state index contributed by atoms with van der Waals surface area (Å²) in [6.07, 6.45) is 22.1. The van der Waals surface area contributed by atoms with Gasteiger partial charge in [-0.15, -0.1) is 0 Å². The van der Waals surface area contributed by atoms with Crippen LogP contribution >= 0.6 is 0 Å². The Morgan fingerprint density at radius 3 is 3.00 bits per heavy atom. The zero-order valence-electron chi connectivity index (χ0n) is 18.2. The lowest BCUT2D eigenvalue weighted by Crippen LogP contribution is -2.37. The fourth-order valence-electron chi connectivity index (χ4n) is 6.93. The second-order valence-corrected chi connectivity index (χ2v) is 10.5. The lowest BCUT2D eigenvalue weighted by molar-refractivity contribution is -0.0227. The molecule has 2 aliphatic heterocycles. The highest BCUT2D eigenvalue weighted by Gasteiger charge is 2.48. The molecule has 0 amide bonds. The van der Waals surface area contributed by atoms with E-state index in [1.165, 1.54) is 79.7 Å². The van der Waals surface area contributed by atoms with Crippen molar-refractivity contribution < 1.29 is 4.74 Å². The normalized spacial score (nSPS) is 36.8. The Bertz CT molecular complexity index is 1040. The van der Waals surface area contributed by atoms with Crippen LogP contribution in [0.1, 0.15) is 82.6 Å². The Morgan fingerprint density at radius 2 is 2.03 bits per heavy atom. The fraction of sp³-hybridized carbons (Fsp3) is 0.536. The molecule has 3 heterocycles. The molecule has 2 heteroatoms. The van der Waals surface area contributed by atoms with Gasteiger partial charge in [-0.25, -0.2) is 0 Å². The second-order valence-electron chi connectivity index (χ2n) is 10.5. The quantitative estimate of drug-likeness (QED) is 0.542. The van der Waals surface area contributed by atoms with Crippen LogP contribution in [-0.4, -0.2) is 16.7 Å². The zero-order valence-corrected chi connectivity index (χ0v) is 18.2. The average Bonchev–Trinajstić information content (AvgIpc) is 3.33. The monoisotopic (exact) mass is 399 g/mol. The predicted octanol–water partition coefficient (Wildman–Crippen LogP) is 7.26. The number of fused-ring (bicyclic) bond motifs is 2. The number of benzene rings is 1. The smallest absolute Gasteiger partial charge is 0.0904 e. The van der Waals surface area contributed by atoms with Crippen molar-refractivity contribution in [1.82, 2.24) is 4.98 Å². The maximum atomic E-state index is 6.67. The van der Waals surface area contributed by atoms with Gasteiger partial charge in [-0.2, -0.15) is 0 Å². The summed E-state index contributed by atoms with van der Waals surface area (Å²) in [5, 5.41) is 2.56. The topological polar surface area (TPSA) is 22.1 Å². The number of ether oxygens (including phenoxy) is 1. The van der Waals surface area contributed by atoms with Crippen molar-refractivity contribution in [1.29, 1.82) is 0 Å². The first-order chi connectivity index (χ1) is 14.7. The Balaban J connectivity index is 1.28. The average molecular weight is 400 g/mol. The number of hydrogen-bond acceptors (Lipinski definition) is 2. The molecule has 1 aromatic carbocycles. The van der Waals surface area contributed by atoms with Gasteiger partial charge in [-0.1, -0.05) is 37.6 Å². The van der Waals surface area contributed by atoms with E-state index < -0.39 is 0 Å². The molecule has 2 aliphatic carbocycles. The molecule has 1 aromatic heterocycles. The van der Waals surface area contributed by atoms with Crippen LogP contribution in [0.2, 0.25) is 0 Å². The first kappa shape index (κ1) is 18.8. The van der Waals surface area contributed by atoms with Crippen molar-refractivity contribution in [3.63, 3.8) is 0 Å². The lowest BCUT2D eigenvalue weighted by atomic mass is 9.73. The van der Waals surface area contributed by atoms with Crippen molar-refractivity contribution in [2.45, 2.75) is 88.8 Å². The number of hydrogen-bond donors (Lipinski definition) is 0. The first-order valence-electron chi connectivity index (χ1n) is 12.1. The van der Waals surface area contributed by atoms with Crippen molar-refractivity contribution >= 4 is 10.8 Å². The van der Waals surface area contributed by atoms with Gasteiger partial charge in [0.2, 0.25) is 0 Å². The van der Waals surface area contributed by atoms with E-state index in [2.05, 4.69) is 48.3 Å². The van der Waals surface area contributed by atoms with Gasteiger partial charge >= 0.3 is 0 Å². The van der Waals surface area contributed by atoms with Gasteiger partial charge in [0.1, 0.15) is 0 Å². The van der Waals surface area contributed by atoms with Gasteiger partial charge in [0.15, 0.2) is 0 Å². The molecular weight excluding hydrogens is 366 g/mol. The number of rotatable bonds is 3. The third-order valence-corrected chi connectivity index (χ3v) is 8.71. The van der Waals surface area contributed by atoms with Crippen LogP contribution < -0.4 is 0 Å². The molecule has 0 radical (unpaired) electrons. The Morgan fingerprint density at radius 1 is 1.07 bits per heavy atom. The van der Waals surface area contributed by atoms with Gasteiger partial charge in [0, 0.05) is 17.8 Å². The number of nitrogens with zero attached hydrogens (tertiary/aromatic N) is 1. The van der Waals surface area contributed by atoms with Crippen LogP contribution in [0.4, 0.5) is 0 Å². The summed E-state index contributed by atoms with van der Waals surface area (Å²) in [7, 11) is 0. The predicted molar refractivity (Wildman–Crippen MR) is 123 cm³/mol. The molecular formula is C28H33NO. The summed E-state index contributed by atoms with van der Waals surface area (Å²) in [4.78, 5) is 4.34. The molecule has 1 saturated heterocycles. The molecule has 156 valence electrons. The lowest BCUT2D eigenvalue weighted by Gasteiger charge is -2.40. The van der Waals surface area contributed by atoms with Crippen molar-refractivity contribution in [3.8, 4) is 0 Å². The molecule has 4 atom stereocenters. The number of allylic oxidation sites excluding steroid dienone is 1. The van der Waals surface area contributed by atoms with Gasteiger partial charge in [0.05, 0.1) is 11.7 Å². The maximum absolute atomic E-state index is 6.67. The summed E-state index contributed by atoms with van der Waals surface area (Å²) in [5.74, 6) is 0.633. The van der Waals surface area contributed by atoms with E-state index in [9.17, 15) is 0 Å². The molecule has 4 unspecified atom stereocenters. The van der Waals surface area contributed by atoms with Crippen LogP contribution in [-0.2, 0) is 4.74 Å². The second kappa shape index (κ2) is 7.05. The van der Waals surface area contributed by atoms with Crippen LogP contribution in [0.25, 0.3) is 10.8 Å². The van der Waals surface area contributed by atoms with Gasteiger partial charge < -0.3 is 4.74 Å². The van der Waals surface area contributed by atoms with E-state index in [4.69, 9.17) is 4.74 Å². The summed E-state index contributed by atoms with van der Waals surface area (Å²) < 4.78 is 6.67. The summed E-state index contributed by atoms with van der Waals surface area (Å²) in [5.41, 5.74) is 5.04. The highest BCUT2D eigenvalue weighted by atomic mass is 16.5. The number of pyridine rings is 1. The van der Waals surface area contributed by atoms with Gasteiger partial charge in [0.25, 0.3) is 0 Å². The summed E-state index contributed by atoms with van der Waals surface area (Å²) >= 11 is 0. The Kier molecular flexibility index (Phi) is 4.42. The molecule has 2 aromatic rings. The largest absolute Gasteiger partial charge is 0.363 e. The Hall–Kier alpha value is -1.93. The van der Waals surface area contributed by atoms with E-state index in [1.54, 1.807) is 5.57 Å². The molecule has 0 N–H and O–H groups in total. The van der Waals surface area contributed by atoms with E-state index in [1.807, 2.05) is 12.4 Å². The summed E-state index contributed by atoms with van der Waals surface area (Å²) in [6, 6.07) is 9.15. The molecule has 3 fully saturated rings.